The molecule has 1 saturated heterocycles. The summed E-state index contributed by atoms with van der Waals surface area (Å²) in [6.45, 7) is 5.25. The third-order valence-electron chi connectivity index (χ3n) is 3.64. The number of rotatable bonds is 6. The molecule has 1 aromatic carbocycles. The van der Waals surface area contributed by atoms with Crippen molar-refractivity contribution >= 4 is 11.6 Å². The number of hydrogen-bond acceptors (Lipinski definition) is 3. The molecule has 0 spiro atoms. The lowest BCUT2D eigenvalue weighted by Gasteiger charge is -2.24. The van der Waals surface area contributed by atoms with Crippen molar-refractivity contribution in [2.45, 2.75) is 32.3 Å². The summed E-state index contributed by atoms with van der Waals surface area (Å²) < 4.78 is 5.80. The molecule has 0 radical (unpaired) electrons. The highest BCUT2D eigenvalue weighted by molar-refractivity contribution is 5.93. The van der Waals surface area contributed by atoms with E-state index in [9.17, 15) is 4.79 Å². The smallest absolute Gasteiger partial charge is 0.229 e. The topological polar surface area (TPSA) is 41.6 Å². The minimum absolute atomic E-state index is 0.132. The number of hydrogen-bond donors (Lipinski definition) is 1. The van der Waals surface area contributed by atoms with Crippen LogP contribution in [0.25, 0.3) is 0 Å². The van der Waals surface area contributed by atoms with Gasteiger partial charge in [-0.05, 0) is 45.0 Å². The van der Waals surface area contributed by atoms with Crippen LogP contribution in [0.3, 0.4) is 0 Å². The summed E-state index contributed by atoms with van der Waals surface area (Å²) in [5.41, 5.74) is 0.960. The van der Waals surface area contributed by atoms with Gasteiger partial charge in [-0.1, -0.05) is 18.2 Å². The molecule has 0 atom stereocenters. The highest BCUT2D eigenvalue weighted by Gasteiger charge is 2.16. The second kappa shape index (κ2) is 8.02. The summed E-state index contributed by atoms with van der Waals surface area (Å²) in [5.74, 6) is 0.132. The number of nitrogens with zero attached hydrogens (tertiary/aromatic N) is 1. The van der Waals surface area contributed by atoms with E-state index in [0.717, 1.165) is 31.6 Å². The molecule has 4 nitrogen and oxygen atoms in total. The molecule has 110 valence electrons. The molecule has 0 bridgehead atoms. The second-order valence-corrected chi connectivity index (χ2v) is 5.04. The van der Waals surface area contributed by atoms with E-state index in [2.05, 4.69) is 5.32 Å². The molecule has 1 heterocycles. The van der Waals surface area contributed by atoms with E-state index >= 15 is 0 Å². The maximum Gasteiger partial charge on any atom is 0.229 e. The summed E-state index contributed by atoms with van der Waals surface area (Å²) in [7, 11) is 0. The van der Waals surface area contributed by atoms with Gasteiger partial charge in [-0.2, -0.15) is 0 Å². The standard InChI is InChI=1S/C16H24N2O2/c1-2-18(14-6-4-3-5-7-14)16(19)10-13-20-15-8-11-17-12-9-15/h3-7,15,17H,2,8-13H2,1H3. The fraction of sp³-hybridized carbons (Fsp3) is 0.562. The van der Waals surface area contributed by atoms with Gasteiger partial charge in [0.1, 0.15) is 0 Å². The number of ether oxygens (including phenoxy) is 1. The first-order valence-corrected chi connectivity index (χ1v) is 7.49. The first-order chi connectivity index (χ1) is 9.81. The van der Waals surface area contributed by atoms with E-state index in [-0.39, 0.29) is 5.91 Å². The minimum atomic E-state index is 0.132. The normalized spacial score (nSPS) is 16.1. The predicted octanol–water partition coefficient (Wildman–Crippen LogP) is 2.20. The van der Waals surface area contributed by atoms with Crippen LogP contribution in [0, 0.1) is 0 Å². The average Bonchev–Trinajstić information content (AvgIpc) is 2.50. The zero-order valence-electron chi connectivity index (χ0n) is 12.2. The zero-order valence-corrected chi connectivity index (χ0v) is 12.2. The molecule has 0 aliphatic carbocycles. The lowest BCUT2D eigenvalue weighted by molar-refractivity contribution is -0.120. The van der Waals surface area contributed by atoms with Gasteiger partial charge in [-0.25, -0.2) is 0 Å². The molecule has 4 heteroatoms. The van der Waals surface area contributed by atoms with Crippen molar-refractivity contribution in [3.8, 4) is 0 Å². The maximum absolute atomic E-state index is 12.2. The third-order valence-corrected chi connectivity index (χ3v) is 3.64. The zero-order chi connectivity index (χ0) is 14.2. The number of piperidine rings is 1. The van der Waals surface area contributed by atoms with Crippen LogP contribution in [0.15, 0.2) is 30.3 Å². The van der Waals surface area contributed by atoms with Gasteiger partial charge in [0.15, 0.2) is 0 Å². The Morgan fingerprint density at radius 1 is 1.30 bits per heavy atom. The monoisotopic (exact) mass is 276 g/mol. The van der Waals surface area contributed by atoms with Crippen LogP contribution in [-0.4, -0.2) is 38.3 Å². The van der Waals surface area contributed by atoms with Gasteiger partial charge in [0.25, 0.3) is 0 Å². The Morgan fingerprint density at radius 2 is 2.00 bits per heavy atom. The van der Waals surface area contributed by atoms with E-state index < -0.39 is 0 Å². The summed E-state index contributed by atoms with van der Waals surface area (Å²) in [6.07, 6.45) is 2.86. The Balaban J connectivity index is 1.78. The molecule has 1 aliphatic rings. The number of carbonyl (C=O) groups excluding carboxylic acids is 1. The number of anilines is 1. The molecule has 1 aliphatic heterocycles. The molecule has 1 N–H and O–H groups in total. The predicted molar refractivity (Wildman–Crippen MR) is 80.9 cm³/mol. The largest absolute Gasteiger partial charge is 0.378 e. The van der Waals surface area contributed by atoms with Gasteiger partial charge in [0.05, 0.1) is 19.1 Å². The first-order valence-electron chi connectivity index (χ1n) is 7.49. The van der Waals surface area contributed by atoms with Gasteiger partial charge in [0, 0.05) is 12.2 Å². The van der Waals surface area contributed by atoms with E-state index in [4.69, 9.17) is 4.74 Å². The summed E-state index contributed by atoms with van der Waals surface area (Å²) in [6, 6.07) is 9.81. The van der Waals surface area contributed by atoms with Crippen molar-refractivity contribution in [1.82, 2.24) is 5.32 Å². The summed E-state index contributed by atoms with van der Waals surface area (Å²) in [4.78, 5) is 14.1. The lowest BCUT2D eigenvalue weighted by atomic mass is 10.1. The molecule has 20 heavy (non-hydrogen) atoms. The quantitative estimate of drug-likeness (QED) is 0.866. The number of carbonyl (C=O) groups is 1. The van der Waals surface area contributed by atoms with Gasteiger partial charge in [-0.15, -0.1) is 0 Å². The van der Waals surface area contributed by atoms with E-state index in [1.165, 1.54) is 0 Å². The number of nitrogens with one attached hydrogen (secondary N) is 1. The van der Waals surface area contributed by atoms with Crippen molar-refractivity contribution in [2.24, 2.45) is 0 Å². The maximum atomic E-state index is 12.2. The van der Waals surface area contributed by atoms with Gasteiger partial charge < -0.3 is 15.0 Å². The molecular weight excluding hydrogens is 252 g/mol. The Hall–Kier alpha value is -1.39. The van der Waals surface area contributed by atoms with Gasteiger partial charge >= 0.3 is 0 Å². The van der Waals surface area contributed by atoms with Gasteiger partial charge in [-0.3, -0.25) is 4.79 Å². The molecule has 0 aromatic heterocycles. The first kappa shape index (κ1) is 15.0. The molecular formula is C16H24N2O2. The van der Waals surface area contributed by atoms with Crippen LogP contribution in [0.1, 0.15) is 26.2 Å². The second-order valence-electron chi connectivity index (χ2n) is 5.04. The highest BCUT2D eigenvalue weighted by Crippen LogP contribution is 2.14. The van der Waals surface area contributed by atoms with Crippen LogP contribution in [0.4, 0.5) is 5.69 Å². The van der Waals surface area contributed by atoms with Crippen molar-refractivity contribution in [3.63, 3.8) is 0 Å². The molecule has 2 rings (SSSR count). The van der Waals surface area contributed by atoms with Crippen molar-refractivity contribution in [2.75, 3.05) is 31.1 Å². The Labute approximate surface area is 121 Å². The highest BCUT2D eigenvalue weighted by atomic mass is 16.5. The molecule has 1 aromatic rings. The van der Waals surface area contributed by atoms with Crippen LogP contribution in [-0.2, 0) is 9.53 Å². The minimum Gasteiger partial charge on any atom is -0.378 e. The van der Waals surface area contributed by atoms with Crippen molar-refractivity contribution < 1.29 is 9.53 Å². The van der Waals surface area contributed by atoms with Crippen LogP contribution in [0.5, 0.6) is 0 Å². The lowest BCUT2D eigenvalue weighted by Crippen LogP contribution is -2.34. The van der Waals surface area contributed by atoms with Crippen molar-refractivity contribution in [1.29, 1.82) is 0 Å². The Kier molecular flexibility index (Phi) is 6.02. The van der Waals surface area contributed by atoms with Crippen LogP contribution < -0.4 is 10.2 Å². The number of para-hydroxylation sites is 1. The van der Waals surface area contributed by atoms with Crippen LogP contribution in [0.2, 0.25) is 0 Å². The fourth-order valence-electron chi connectivity index (χ4n) is 2.52. The van der Waals surface area contributed by atoms with E-state index in [1.807, 2.05) is 42.2 Å². The molecule has 1 amide bonds. The summed E-state index contributed by atoms with van der Waals surface area (Å²) in [5, 5.41) is 3.31. The Morgan fingerprint density at radius 3 is 2.65 bits per heavy atom. The summed E-state index contributed by atoms with van der Waals surface area (Å²) >= 11 is 0. The van der Waals surface area contributed by atoms with Crippen molar-refractivity contribution in [3.05, 3.63) is 30.3 Å². The number of amides is 1. The van der Waals surface area contributed by atoms with E-state index in [1.54, 1.807) is 0 Å². The average molecular weight is 276 g/mol. The third kappa shape index (κ3) is 4.32. The molecule has 1 fully saturated rings. The fourth-order valence-corrected chi connectivity index (χ4v) is 2.52. The number of benzene rings is 1. The Bertz CT molecular complexity index is 402. The van der Waals surface area contributed by atoms with Gasteiger partial charge in [0.2, 0.25) is 5.91 Å². The van der Waals surface area contributed by atoms with Crippen LogP contribution >= 0.6 is 0 Å². The molecule has 0 unspecified atom stereocenters. The molecule has 0 saturated carbocycles. The SMILES string of the molecule is CCN(C(=O)CCOC1CCNCC1)c1ccccc1. The van der Waals surface area contributed by atoms with E-state index in [0.29, 0.717) is 25.7 Å².